The summed E-state index contributed by atoms with van der Waals surface area (Å²) in [7, 11) is -3.17. The first-order chi connectivity index (χ1) is 10.9. The molecule has 0 aromatic carbocycles. The summed E-state index contributed by atoms with van der Waals surface area (Å²) in [5, 5.41) is 14.2. The molecule has 134 valence electrons. The zero-order valence-electron chi connectivity index (χ0n) is 14.0. The fourth-order valence-electron chi connectivity index (χ4n) is 1.58. The third-order valence-corrected chi connectivity index (χ3v) is 4.98. The lowest BCUT2D eigenvalue weighted by Gasteiger charge is -2.19. The van der Waals surface area contributed by atoms with E-state index in [0.29, 0.717) is 6.42 Å². The maximum atomic E-state index is 12.8. The van der Waals surface area contributed by atoms with E-state index in [4.69, 9.17) is 14.6 Å². The van der Waals surface area contributed by atoms with Crippen molar-refractivity contribution in [2.45, 2.75) is 27.2 Å². The van der Waals surface area contributed by atoms with Crippen molar-refractivity contribution in [3.8, 4) is 0 Å². The van der Waals surface area contributed by atoms with Gasteiger partial charge in [-0.15, -0.1) is 0 Å². The highest BCUT2D eigenvalue weighted by atomic mass is 31.2. The predicted molar refractivity (Wildman–Crippen MR) is 87.2 cm³/mol. The zero-order chi connectivity index (χ0) is 17.7. The van der Waals surface area contributed by atoms with Gasteiger partial charge in [-0.05, 0) is 27.2 Å². The average Bonchev–Trinajstić information content (AvgIpc) is 2.52. The van der Waals surface area contributed by atoms with Gasteiger partial charge in [0.15, 0.2) is 0 Å². The third-order valence-electron chi connectivity index (χ3n) is 2.75. The van der Waals surface area contributed by atoms with Crippen LogP contribution in [-0.2, 0) is 23.6 Å². The van der Waals surface area contributed by atoms with Gasteiger partial charge in [0.05, 0.1) is 19.8 Å². The SMILES string of the molecule is CCOC(=O)CNP(=O)(CC/C=C(\C)CO)NCC(=O)OCC. The van der Waals surface area contributed by atoms with Crippen molar-refractivity contribution in [1.29, 1.82) is 0 Å². The van der Waals surface area contributed by atoms with E-state index in [1.165, 1.54) is 0 Å². The van der Waals surface area contributed by atoms with E-state index in [2.05, 4.69) is 10.2 Å². The van der Waals surface area contributed by atoms with Gasteiger partial charge < -0.3 is 14.6 Å². The molecule has 0 unspecified atom stereocenters. The van der Waals surface area contributed by atoms with Gasteiger partial charge in [-0.25, -0.2) is 10.2 Å². The second-order valence-corrected chi connectivity index (χ2v) is 7.30. The largest absolute Gasteiger partial charge is 0.465 e. The maximum Gasteiger partial charge on any atom is 0.320 e. The van der Waals surface area contributed by atoms with Crippen molar-refractivity contribution in [2.75, 3.05) is 39.1 Å². The quantitative estimate of drug-likeness (QED) is 0.269. The highest BCUT2D eigenvalue weighted by Crippen LogP contribution is 2.36. The smallest absolute Gasteiger partial charge is 0.320 e. The summed E-state index contributed by atoms with van der Waals surface area (Å²) in [5.41, 5.74) is 0.757. The van der Waals surface area contributed by atoms with E-state index in [-0.39, 0.29) is 39.1 Å². The number of aliphatic hydroxyl groups excluding tert-OH is 1. The molecule has 0 heterocycles. The first-order valence-corrected chi connectivity index (χ1v) is 9.43. The molecule has 0 atom stereocenters. The molecule has 23 heavy (non-hydrogen) atoms. The van der Waals surface area contributed by atoms with Gasteiger partial charge in [0.2, 0.25) is 7.44 Å². The summed E-state index contributed by atoms with van der Waals surface area (Å²) in [6.45, 7) is 5.07. The number of hydrogen-bond acceptors (Lipinski definition) is 6. The van der Waals surface area contributed by atoms with E-state index >= 15 is 0 Å². The Labute approximate surface area is 137 Å². The third kappa shape index (κ3) is 11.0. The molecule has 0 aliphatic heterocycles. The summed E-state index contributed by atoms with van der Waals surface area (Å²) in [6, 6.07) is 0. The highest BCUT2D eigenvalue weighted by Gasteiger charge is 2.23. The van der Waals surface area contributed by atoms with Crippen LogP contribution in [0.25, 0.3) is 0 Å². The van der Waals surface area contributed by atoms with Gasteiger partial charge in [0.25, 0.3) is 0 Å². The standard InChI is InChI=1S/C14H27N2O6P/c1-4-21-13(18)9-15-23(20,8-6-7-12(3)11-17)16-10-14(19)22-5-2/h7,17H,4-6,8-11H2,1-3H3,(H2,15,16,20)/b12-7+. The Hall–Kier alpha value is -1.21. The van der Waals surface area contributed by atoms with Crippen LogP contribution < -0.4 is 10.2 Å². The van der Waals surface area contributed by atoms with E-state index in [1.54, 1.807) is 26.8 Å². The molecular weight excluding hydrogens is 323 g/mol. The molecule has 9 heteroatoms. The number of rotatable bonds is 12. The summed E-state index contributed by atoms with van der Waals surface area (Å²) >= 11 is 0. The molecule has 0 aromatic rings. The van der Waals surface area contributed by atoms with E-state index in [9.17, 15) is 14.2 Å². The number of carbonyl (C=O) groups excluding carboxylic acids is 2. The molecule has 0 aromatic heterocycles. The Morgan fingerprint density at radius 2 is 1.57 bits per heavy atom. The lowest BCUT2D eigenvalue weighted by Crippen LogP contribution is -2.33. The topological polar surface area (TPSA) is 114 Å². The number of aliphatic hydroxyl groups is 1. The van der Waals surface area contributed by atoms with Gasteiger partial charge in [-0.1, -0.05) is 11.6 Å². The monoisotopic (exact) mass is 350 g/mol. The molecule has 0 rings (SSSR count). The van der Waals surface area contributed by atoms with Crippen LogP contribution in [0.4, 0.5) is 0 Å². The van der Waals surface area contributed by atoms with Crippen LogP contribution in [0.5, 0.6) is 0 Å². The molecule has 8 nitrogen and oxygen atoms in total. The molecule has 0 saturated carbocycles. The fraction of sp³-hybridized carbons (Fsp3) is 0.714. The Morgan fingerprint density at radius 1 is 1.09 bits per heavy atom. The zero-order valence-corrected chi connectivity index (χ0v) is 14.9. The number of allylic oxidation sites excluding steroid dienone is 1. The first-order valence-electron chi connectivity index (χ1n) is 7.53. The van der Waals surface area contributed by atoms with Crippen molar-refractivity contribution in [1.82, 2.24) is 10.2 Å². The highest BCUT2D eigenvalue weighted by molar-refractivity contribution is 7.59. The van der Waals surface area contributed by atoms with Crippen LogP contribution in [-0.4, -0.2) is 56.1 Å². The van der Waals surface area contributed by atoms with Crippen molar-refractivity contribution in [2.24, 2.45) is 0 Å². The van der Waals surface area contributed by atoms with Gasteiger partial charge in [0, 0.05) is 6.16 Å². The Bertz CT molecular complexity index is 427. The molecule has 0 bridgehead atoms. The van der Waals surface area contributed by atoms with E-state index in [0.717, 1.165) is 5.57 Å². The summed E-state index contributed by atoms with van der Waals surface area (Å²) in [4.78, 5) is 22.8. The Balaban J connectivity index is 4.65. The fourth-order valence-corrected chi connectivity index (χ4v) is 3.27. The maximum absolute atomic E-state index is 12.8. The number of esters is 2. The summed E-state index contributed by atoms with van der Waals surface area (Å²) in [6.07, 6.45) is 2.36. The van der Waals surface area contributed by atoms with Crippen LogP contribution in [0.1, 0.15) is 27.2 Å². The van der Waals surface area contributed by atoms with Gasteiger partial charge in [0.1, 0.15) is 13.1 Å². The predicted octanol–water partition coefficient (Wildman–Crippen LogP) is 0.814. The number of nitrogens with one attached hydrogen (secondary N) is 2. The van der Waals surface area contributed by atoms with Crippen molar-refractivity contribution >= 4 is 19.4 Å². The molecular formula is C14H27N2O6P. The minimum atomic E-state index is -3.17. The molecule has 0 aliphatic rings. The van der Waals surface area contributed by atoms with Crippen LogP contribution in [0.15, 0.2) is 11.6 Å². The van der Waals surface area contributed by atoms with Crippen LogP contribution in [0, 0.1) is 0 Å². The van der Waals surface area contributed by atoms with Crippen molar-refractivity contribution in [3.05, 3.63) is 11.6 Å². The molecule has 0 spiro atoms. The van der Waals surface area contributed by atoms with Gasteiger partial charge in [-0.2, -0.15) is 0 Å². The molecule has 0 saturated heterocycles. The first kappa shape index (κ1) is 21.8. The van der Waals surface area contributed by atoms with Gasteiger partial charge in [-0.3, -0.25) is 14.2 Å². The molecule has 0 aliphatic carbocycles. The van der Waals surface area contributed by atoms with Crippen molar-refractivity contribution in [3.63, 3.8) is 0 Å². The molecule has 0 amide bonds. The average molecular weight is 350 g/mol. The summed E-state index contributed by atoms with van der Waals surface area (Å²) < 4.78 is 22.3. The summed E-state index contributed by atoms with van der Waals surface area (Å²) in [5.74, 6) is -1.04. The lowest BCUT2D eigenvalue weighted by molar-refractivity contribution is -0.142. The van der Waals surface area contributed by atoms with Crippen LogP contribution in [0.3, 0.4) is 0 Å². The van der Waals surface area contributed by atoms with E-state index < -0.39 is 19.4 Å². The van der Waals surface area contributed by atoms with Crippen LogP contribution in [0.2, 0.25) is 0 Å². The molecule has 3 N–H and O–H groups in total. The molecule has 0 fully saturated rings. The number of hydrogen-bond donors (Lipinski definition) is 3. The Morgan fingerprint density at radius 3 is 1.96 bits per heavy atom. The lowest BCUT2D eigenvalue weighted by atomic mass is 10.3. The van der Waals surface area contributed by atoms with Crippen LogP contribution >= 0.6 is 7.44 Å². The second-order valence-electron chi connectivity index (χ2n) is 4.74. The number of ether oxygens (including phenoxy) is 2. The number of carbonyl (C=O) groups is 2. The minimum Gasteiger partial charge on any atom is -0.465 e. The van der Waals surface area contributed by atoms with Gasteiger partial charge >= 0.3 is 11.9 Å². The van der Waals surface area contributed by atoms with Crippen molar-refractivity contribution < 1.29 is 28.7 Å². The molecule has 0 radical (unpaired) electrons. The normalized spacial score (nSPS) is 12.1. The second kappa shape index (κ2) is 12.2. The minimum absolute atomic E-state index is 0.0726. The Kier molecular flexibility index (Phi) is 11.6. The van der Waals surface area contributed by atoms with E-state index in [1.807, 2.05) is 0 Å².